The third-order valence-electron chi connectivity index (χ3n) is 3.52. The van der Waals surface area contributed by atoms with Crippen molar-refractivity contribution in [3.63, 3.8) is 0 Å². The van der Waals surface area contributed by atoms with Crippen molar-refractivity contribution >= 4 is 0 Å². The van der Waals surface area contributed by atoms with E-state index < -0.39 is 0 Å². The SMILES string of the molecule is CCCNCc1ccccc1-n1nc(CC)cc1CC. The highest BCUT2D eigenvalue weighted by Gasteiger charge is 2.10. The Morgan fingerprint density at radius 1 is 1.10 bits per heavy atom. The van der Waals surface area contributed by atoms with E-state index in [1.54, 1.807) is 0 Å². The number of rotatable bonds is 7. The quantitative estimate of drug-likeness (QED) is 0.781. The van der Waals surface area contributed by atoms with Gasteiger partial charge in [-0.3, -0.25) is 0 Å². The van der Waals surface area contributed by atoms with Gasteiger partial charge in [0.2, 0.25) is 0 Å². The summed E-state index contributed by atoms with van der Waals surface area (Å²) >= 11 is 0. The van der Waals surface area contributed by atoms with E-state index in [0.717, 1.165) is 38.0 Å². The van der Waals surface area contributed by atoms with Crippen molar-refractivity contribution in [2.75, 3.05) is 6.54 Å². The number of aryl methyl sites for hydroxylation is 2. The number of hydrogen-bond acceptors (Lipinski definition) is 2. The maximum absolute atomic E-state index is 4.75. The molecule has 1 heterocycles. The topological polar surface area (TPSA) is 29.9 Å². The molecule has 0 amide bonds. The average Bonchev–Trinajstić information content (AvgIpc) is 2.91. The summed E-state index contributed by atoms with van der Waals surface area (Å²) in [6, 6.07) is 10.8. The van der Waals surface area contributed by atoms with E-state index in [9.17, 15) is 0 Å². The molecule has 2 aromatic rings. The Bertz CT molecular complexity index is 543. The minimum atomic E-state index is 0.897. The maximum Gasteiger partial charge on any atom is 0.0693 e. The van der Waals surface area contributed by atoms with Crippen LogP contribution in [0.1, 0.15) is 44.1 Å². The molecule has 1 aromatic heterocycles. The van der Waals surface area contributed by atoms with Gasteiger partial charge in [0.05, 0.1) is 11.4 Å². The van der Waals surface area contributed by atoms with Crippen LogP contribution in [-0.4, -0.2) is 16.3 Å². The molecule has 0 aliphatic rings. The van der Waals surface area contributed by atoms with Gasteiger partial charge in [-0.05, 0) is 43.5 Å². The fraction of sp³-hybridized carbons (Fsp3) is 0.471. The van der Waals surface area contributed by atoms with Crippen LogP contribution in [0.3, 0.4) is 0 Å². The summed E-state index contributed by atoms with van der Waals surface area (Å²) in [5.41, 5.74) is 4.96. The van der Waals surface area contributed by atoms with Crippen LogP contribution in [0.15, 0.2) is 30.3 Å². The molecule has 0 saturated carbocycles. The summed E-state index contributed by atoms with van der Waals surface area (Å²) in [7, 11) is 0. The number of benzene rings is 1. The second kappa shape index (κ2) is 7.25. The van der Waals surface area contributed by atoms with Crippen LogP contribution < -0.4 is 5.32 Å². The number of nitrogens with one attached hydrogen (secondary N) is 1. The van der Waals surface area contributed by atoms with Crippen LogP contribution in [0.4, 0.5) is 0 Å². The van der Waals surface area contributed by atoms with E-state index in [1.807, 2.05) is 0 Å². The first-order chi connectivity index (χ1) is 9.80. The van der Waals surface area contributed by atoms with Crippen molar-refractivity contribution in [3.05, 3.63) is 47.3 Å². The van der Waals surface area contributed by atoms with Gasteiger partial charge in [-0.1, -0.05) is 39.0 Å². The summed E-state index contributed by atoms with van der Waals surface area (Å²) in [6.45, 7) is 8.48. The van der Waals surface area contributed by atoms with Gasteiger partial charge in [0.15, 0.2) is 0 Å². The Labute approximate surface area is 122 Å². The van der Waals surface area contributed by atoms with Crippen LogP contribution in [0, 0.1) is 0 Å². The van der Waals surface area contributed by atoms with Crippen molar-refractivity contribution in [2.45, 2.75) is 46.6 Å². The lowest BCUT2D eigenvalue weighted by Gasteiger charge is -2.12. The van der Waals surface area contributed by atoms with Crippen LogP contribution in [0.25, 0.3) is 5.69 Å². The predicted molar refractivity (Wildman–Crippen MR) is 84.3 cm³/mol. The minimum absolute atomic E-state index is 0.897. The Morgan fingerprint density at radius 3 is 2.60 bits per heavy atom. The largest absolute Gasteiger partial charge is 0.313 e. The highest BCUT2D eigenvalue weighted by Crippen LogP contribution is 2.18. The fourth-order valence-electron chi connectivity index (χ4n) is 2.37. The van der Waals surface area contributed by atoms with E-state index in [2.05, 4.69) is 61.1 Å². The molecule has 0 aliphatic carbocycles. The van der Waals surface area contributed by atoms with E-state index >= 15 is 0 Å². The molecule has 3 nitrogen and oxygen atoms in total. The van der Waals surface area contributed by atoms with Gasteiger partial charge in [0.25, 0.3) is 0 Å². The zero-order chi connectivity index (χ0) is 14.4. The molecule has 0 unspecified atom stereocenters. The van der Waals surface area contributed by atoms with E-state index in [1.165, 1.54) is 16.9 Å². The summed E-state index contributed by atoms with van der Waals surface area (Å²) in [6.07, 6.45) is 3.14. The van der Waals surface area contributed by atoms with Crippen LogP contribution >= 0.6 is 0 Å². The number of nitrogens with zero attached hydrogens (tertiary/aromatic N) is 2. The lowest BCUT2D eigenvalue weighted by atomic mass is 10.1. The van der Waals surface area contributed by atoms with Crippen molar-refractivity contribution in [1.82, 2.24) is 15.1 Å². The molecule has 0 spiro atoms. The van der Waals surface area contributed by atoms with Gasteiger partial charge >= 0.3 is 0 Å². The highest BCUT2D eigenvalue weighted by molar-refractivity contribution is 5.42. The lowest BCUT2D eigenvalue weighted by Crippen LogP contribution is -2.16. The molecule has 0 atom stereocenters. The van der Waals surface area contributed by atoms with Crippen molar-refractivity contribution in [1.29, 1.82) is 0 Å². The molecule has 1 aromatic carbocycles. The lowest BCUT2D eigenvalue weighted by molar-refractivity contribution is 0.667. The Kier molecular flexibility index (Phi) is 5.36. The van der Waals surface area contributed by atoms with E-state index in [4.69, 9.17) is 5.10 Å². The maximum atomic E-state index is 4.75. The van der Waals surface area contributed by atoms with Gasteiger partial charge in [-0.15, -0.1) is 0 Å². The molecule has 0 fully saturated rings. The summed E-state index contributed by atoms with van der Waals surface area (Å²) in [4.78, 5) is 0. The van der Waals surface area contributed by atoms with Crippen LogP contribution in [-0.2, 0) is 19.4 Å². The standard InChI is InChI=1S/C17H25N3/c1-4-11-18-13-14-9-7-8-10-17(14)20-16(6-3)12-15(5-2)19-20/h7-10,12,18H,4-6,11,13H2,1-3H3. The molecule has 0 radical (unpaired) electrons. The third-order valence-corrected chi connectivity index (χ3v) is 3.52. The van der Waals surface area contributed by atoms with Gasteiger partial charge in [-0.2, -0.15) is 5.10 Å². The summed E-state index contributed by atoms with van der Waals surface area (Å²) in [5, 5.41) is 8.23. The van der Waals surface area contributed by atoms with Crippen LogP contribution in [0.5, 0.6) is 0 Å². The zero-order valence-corrected chi connectivity index (χ0v) is 12.8. The molecule has 1 N–H and O–H groups in total. The van der Waals surface area contributed by atoms with Crippen molar-refractivity contribution < 1.29 is 0 Å². The monoisotopic (exact) mass is 271 g/mol. The molecule has 2 rings (SSSR count). The molecule has 0 saturated heterocycles. The van der Waals surface area contributed by atoms with Gasteiger partial charge in [0.1, 0.15) is 0 Å². The van der Waals surface area contributed by atoms with Gasteiger partial charge in [-0.25, -0.2) is 4.68 Å². The average molecular weight is 271 g/mol. The highest BCUT2D eigenvalue weighted by atomic mass is 15.3. The summed E-state index contributed by atoms with van der Waals surface area (Å²) < 4.78 is 2.11. The fourth-order valence-corrected chi connectivity index (χ4v) is 2.37. The van der Waals surface area contributed by atoms with Gasteiger partial charge < -0.3 is 5.32 Å². The predicted octanol–water partition coefficient (Wildman–Crippen LogP) is 3.50. The second-order valence-electron chi connectivity index (χ2n) is 5.05. The first kappa shape index (κ1) is 14.8. The van der Waals surface area contributed by atoms with E-state index in [0.29, 0.717) is 0 Å². The zero-order valence-electron chi connectivity index (χ0n) is 12.8. The second-order valence-corrected chi connectivity index (χ2v) is 5.05. The molecule has 0 aliphatic heterocycles. The first-order valence-electron chi connectivity index (χ1n) is 7.66. The van der Waals surface area contributed by atoms with E-state index in [-0.39, 0.29) is 0 Å². The van der Waals surface area contributed by atoms with Crippen LogP contribution in [0.2, 0.25) is 0 Å². The Morgan fingerprint density at radius 2 is 1.90 bits per heavy atom. The van der Waals surface area contributed by atoms with Crippen molar-refractivity contribution in [2.24, 2.45) is 0 Å². The van der Waals surface area contributed by atoms with Crippen molar-refractivity contribution in [3.8, 4) is 5.69 Å². The number of aromatic nitrogens is 2. The Balaban J connectivity index is 2.34. The molecule has 3 heteroatoms. The normalized spacial score (nSPS) is 10.9. The number of hydrogen-bond donors (Lipinski definition) is 1. The molecule has 0 bridgehead atoms. The Hall–Kier alpha value is -1.61. The molecular weight excluding hydrogens is 246 g/mol. The number of para-hydroxylation sites is 1. The smallest absolute Gasteiger partial charge is 0.0693 e. The van der Waals surface area contributed by atoms with Gasteiger partial charge in [0, 0.05) is 12.2 Å². The minimum Gasteiger partial charge on any atom is -0.313 e. The first-order valence-corrected chi connectivity index (χ1v) is 7.66. The molecule has 20 heavy (non-hydrogen) atoms. The third kappa shape index (κ3) is 3.28. The molecule has 108 valence electrons. The summed E-state index contributed by atoms with van der Waals surface area (Å²) in [5.74, 6) is 0. The molecular formula is C17H25N3.